The highest BCUT2D eigenvalue weighted by Crippen LogP contribution is 2.24. The summed E-state index contributed by atoms with van der Waals surface area (Å²) in [6.07, 6.45) is 3.58. The molecule has 1 saturated heterocycles. The number of urea groups is 1. The van der Waals surface area contributed by atoms with Crippen molar-refractivity contribution in [3.8, 4) is 0 Å². The van der Waals surface area contributed by atoms with Crippen LogP contribution in [0.1, 0.15) is 18.4 Å². The third-order valence-corrected chi connectivity index (χ3v) is 3.67. The Hall–Kier alpha value is -2.14. The Bertz CT molecular complexity index is 563. The van der Waals surface area contributed by atoms with Gasteiger partial charge in [0.1, 0.15) is 0 Å². The number of amides is 3. The summed E-state index contributed by atoms with van der Waals surface area (Å²) in [5.41, 5.74) is 3.37. The standard InChI is InChI=1S/C15H17N3O2/c19-14-7-10-18(15(20)17-14)13-3-1-11(2-4-13)12-5-8-16-9-6-12/h1-5,16H,6-10H2,(H,17,19,20). The fourth-order valence-corrected chi connectivity index (χ4v) is 2.55. The molecule has 2 aliphatic heterocycles. The van der Waals surface area contributed by atoms with E-state index in [1.54, 1.807) is 4.90 Å². The predicted molar refractivity (Wildman–Crippen MR) is 77.4 cm³/mol. The molecule has 0 bridgehead atoms. The first-order valence-electron chi connectivity index (χ1n) is 6.85. The Balaban J connectivity index is 1.77. The Kier molecular flexibility index (Phi) is 3.52. The molecular weight excluding hydrogens is 254 g/mol. The molecule has 0 saturated carbocycles. The van der Waals surface area contributed by atoms with Crippen LogP contribution in [0, 0.1) is 0 Å². The average Bonchev–Trinajstić information content (AvgIpc) is 2.48. The topological polar surface area (TPSA) is 61.4 Å². The summed E-state index contributed by atoms with van der Waals surface area (Å²) in [6, 6.07) is 7.61. The van der Waals surface area contributed by atoms with Crippen LogP contribution in [0.5, 0.6) is 0 Å². The van der Waals surface area contributed by atoms with Gasteiger partial charge in [0.05, 0.1) is 0 Å². The average molecular weight is 271 g/mol. The van der Waals surface area contributed by atoms with Crippen molar-refractivity contribution in [2.24, 2.45) is 0 Å². The zero-order valence-electron chi connectivity index (χ0n) is 11.2. The van der Waals surface area contributed by atoms with Crippen LogP contribution in [0.2, 0.25) is 0 Å². The van der Waals surface area contributed by atoms with E-state index in [0.29, 0.717) is 13.0 Å². The van der Waals surface area contributed by atoms with E-state index in [0.717, 1.165) is 25.2 Å². The summed E-state index contributed by atoms with van der Waals surface area (Å²) < 4.78 is 0. The van der Waals surface area contributed by atoms with Crippen LogP contribution in [0.25, 0.3) is 5.57 Å². The second-order valence-electron chi connectivity index (χ2n) is 4.99. The molecule has 0 aliphatic carbocycles. The van der Waals surface area contributed by atoms with Gasteiger partial charge >= 0.3 is 6.03 Å². The summed E-state index contributed by atoms with van der Waals surface area (Å²) in [5, 5.41) is 5.62. The highest BCUT2D eigenvalue weighted by atomic mass is 16.2. The van der Waals surface area contributed by atoms with Crippen molar-refractivity contribution in [3.63, 3.8) is 0 Å². The van der Waals surface area contributed by atoms with Crippen LogP contribution in [-0.4, -0.2) is 31.6 Å². The second kappa shape index (κ2) is 5.46. The van der Waals surface area contributed by atoms with Crippen molar-refractivity contribution in [2.45, 2.75) is 12.8 Å². The second-order valence-corrected chi connectivity index (χ2v) is 4.99. The lowest BCUT2D eigenvalue weighted by Crippen LogP contribution is -2.49. The van der Waals surface area contributed by atoms with E-state index in [-0.39, 0.29) is 11.9 Å². The highest BCUT2D eigenvalue weighted by Gasteiger charge is 2.24. The fourth-order valence-electron chi connectivity index (χ4n) is 2.55. The fraction of sp³-hybridized carbons (Fsp3) is 0.333. The molecule has 2 heterocycles. The van der Waals surface area contributed by atoms with Gasteiger partial charge in [-0.15, -0.1) is 0 Å². The molecule has 104 valence electrons. The van der Waals surface area contributed by atoms with Crippen molar-refractivity contribution >= 4 is 23.2 Å². The molecule has 2 aliphatic rings. The first kappa shape index (κ1) is 12.9. The monoisotopic (exact) mass is 271 g/mol. The summed E-state index contributed by atoms with van der Waals surface area (Å²) in [5.74, 6) is -0.206. The van der Waals surface area contributed by atoms with E-state index < -0.39 is 0 Å². The van der Waals surface area contributed by atoms with Crippen molar-refractivity contribution in [1.29, 1.82) is 0 Å². The lowest BCUT2D eigenvalue weighted by molar-refractivity contribution is -0.120. The number of imide groups is 1. The summed E-state index contributed by atoms with van der Waals surface area (Å²) in [4.78, 5) is 24.5. The molecule has 5 nitrogen and oxygen atoms in total. The van der Waals surface area contributed by atoms with Crippen molar-refractivity contribution in [1.82, 2.24) is 10.6 Å². The number of carbonyl (C=O) groups excluding carboxylic acids is 2. The molecule has 0 atom stereocenters. The summed E-state index contributed by atoms with van der Waals surface area (Å²) >= 11 is 0. The lowest BCUT2D eigenvalue weighted by Gasteiger charge is -2.26. The maximum absolute atomic E-state index is 11.8. The van der Waals surface area contributed by atoms with Gasteiger partial charge in [0, 0.05) is 25.2 Å². The predicted octanol–water partition coefficient (Wildman–Crippen LogP) is 1.51. The molecule has 5 heteroatoms. The van der Waals surface area contributed by atoms with Gasteiger partial charge in [-0.1, -0.05) is 18.2 Å². The third kappa shape index (κ3) is 2.58. The number of nitrogens with one attached hydrogen (secondary N) is 2. The third-order valence-electron chi connectivity index (χ3n) is 3.67. The van der Waals surface area contributed by atoms with Gasteiger partial charge in [-0.25, -0.2) is 4.79 Å². The maximum atomic E-state index is 11.8. The van der Waals surface area contributed by atoms with E-state index in [2.05, 4.69) is 16.7 Å². The molecule has 2 N–H and O–H groups in total. The quantitative estimate of drug-likeness (QED) is 0.857. The minimum absolute atomic E-state index is 0.206. The number of hydrogen-bond acceptors (Lipinski definition) is 3. The normalized spacial score (nSPS) is 19.6. The molecule has 20 heavy (non-hydrogen) atoms. The van der Waals surface area contributed by atoms with E-state index in [1.165, 1.54) is 11.1 Å². The Morgan fingerprint density at radius 2 is 1.85 bits per heavy atom. The van der Waals surface area contributed by atoms with Crippen LogP contribution in [-0.2, 0) is 4.79 Å². The molecule has 3 amide bonds. The molecule has 0 spiro atoms. The van der Waals surface area contributed by atoms with E-state index in [1.807, 2.05) is 24.3 Å². The van der Waals surface area contributed by atoms with Crippen molar-refractivity contribution in [2.75, 3.05) is 24.5 Å². The minimum Gasteiger partial charge on any atom is -0.313 e. The maximum Gasteiger partial charge on any atom is 0.328 e. The van der Waals surface area contributed by atoms with E-state index in [9.17, 15) is 9.59 Å². The van der Waals surface area contributed by atoms with Gasteiger partial charge in [0.25, 0.3) is 0 Å². The Labute approximate surface area is 117 Å². The lowest BCUT2D eigenvalue weighted by atomic mass is 10.00. The Morgan fingerprint density at radius 1 is 1.05 bits per heavy atom. The van der Waals surface area contributed by atoms with Gasteiger partial charge in [-0.05, 0) is 36.2 Å². The number of rotatable bonds is 2. The molecular formula is C15H17N3O2. The van der Waals surface area contributed by atoms with Crippen LogP contribution >= 0.6 is 0 Å². The highest BCUT2D eigenvalue weighted by molar-refractivity contribution is 6.05. The van der Waals surface area contributed by atoms with Gasteiger partial charge in [-0.3, -0.25) is 15.0 Å². The van der Waals surface area contributed by atoms with Crippen molar-refractivity contribution < 1.29 is 9.59 Å². The number of anilines is 1. The summed E-state index contributed by atoms with van der Waals surface area (Å²) in [6.45, 7) is 2.36. The Morgan fingerprint density at radius 3 is 2.50 bits per heavy atom. The number of benzene rings is 1. The molecule has 1 aromatic carbocycles. The van der Waals surface area contributed by atoms with Crippen LogP contribution in [0.3, 0.4) is 0 Å². The summed E-state index contributed by atoms with van der Waals surface area (Å²) in [7, 11) is 0. The van der Waals surface area contributed by atoms with Gasteiger partial charge in [0.15, 0.2) is 0 Å². The first-order valence-corrected chi connectivity index (χ1v) is 6.85. The van der Waals surface area contributed by atoms with Crippen LogP contribution < -0.4 is 15.5 Å². The zero-order valence-corrected chi connectivity index (χ0v) is 11.2. The molecule has 3 rings (SSSR count). The van der Waals surface area contributed by atoms with Gasteiger partial charge < -0.3 is 5.32 Å². The zero-order chi connectivity index (χ0) is 13.9. The van der Waals surface area contributed by atoms with Gasteiger partial charge in [0.2, 0.25) is 5.91 Å². The minimum atomic E-state index is -0.338. The molecule has 1 fully saturated rings. The number of carbonyl (C=O) groups is 2. The molecule has 1 aromatic rings. The molecule has 0 unspecified atom stereocenters. The van der Waals surface area contributed by atoms with Crippen molar-refractivity contribution in [3.05, 3.63) is 35.9 Å². The van der Waals surface area contributed by atoms with E-state index >= 15 is 0 Å². The first-order chi connectivity index (χ1) is 9.74. The van der Waals surface area contributed by atoms with E-state index in [4.69, 9.17) is 0 Å². The SMILES string of the molecule is O=C1CCN(c2ccc(C3=CCNCC3)cc2)C(=O)N1. The van der Waals surface area contributed by atoms with Crippen LogP contribution in [0.4, 0.5) is 10.5 Å². The number of hydrogen-bond donors (Lipinski definition) is 2. The molecule has 0 radical (unpaired) electrons. The largest absolute Gasteiger partial charge is 0.328 e. The van der Waals surface area contributed by atoms with Gasteiger partial charge in [-0.2, -0.15) is 0 Å². The number of nitrogens with zero attached hydrogens (tertiary/aromatic N) is 1. The molecule has 0 aromatic heterocycles. The van der Waals surface area contributed by atoms with Crippen LogP contribution in [0.15, 0.2) is 30.3 Å². The smallest absolute Gasteiger partial charge is 0.313 e.